The highest BCUT2D eigenvalue weighted by atomic mass is 35.5. The lowest BCUT2D eigenvalue weighted by molar-refractivity contribution is 0.108. The third-order valence-corrected chi connectivity index (χ3v) is 2.25. The van der Waals surface area contributed by atoms with E-state index in [0.29, 0.717) is 17.3 Å². The first-order chi connectivity index (χ1) is 7.13. The molecule has 0 aliphatic rings. The van der Waals surface area contributed by atoms with E-state index in [0.717, 1.165) is 5.56 Å². The SMILES string of the molecule is CNCC(O)COc1ccc(C)cc1Cl. The van der Waals surface area contributed by atoms with Crippen LogP contribution in [-0.2, 0) is 0 Å². The molecule has 0 saturated heterocycles. The number of rotatable bonds is 5. The molecule has 84 valence electrons. The van der Waals surface area contributed by atoms with E-state index < -0.39 is 6.10 Å². The van der Waals surface area contributed by atoms with Gasteiger partial charge in [-0.25, -0.2) is 0 Å². The molecular weight excluding hydrogens is 214 g/mol. The Morgan fingerprint density at radius 2 is 2.27 bits per heavy atom. The number of aliphatic hydroxyl groups is 1. The molecular formula is C11H16ClNO2. The molecule has 1 rings (SSSR count). The fourth-order valence-corrected chi connectivity index (χ4v) is 1.49. The van der Waals surface area contributed by atoms with Crippen molar-refractivity contribution in [3.8, 4) is 5.75 Å². The Morgan fingerprint density at radius 3 is 2.87 bits per heavy atom. The number of aryl methyl sites for hydroxylation is 1. The lowest BCUT2D eigenvalue weighted by Crippen LogP contribution is -2.29. The van der Waals surface area contributed by atoms with Gasteiger partial charge in [0.25, 0.3) is 0 Å². The zero-order valence-corrected chi connectivity index (χ0v) is 9.71. The summed E-state index contributed by atoms with van der Waals surface area (Å²) in [5, 5.41) is 12.9. The molecule has 0 fully saturated rings. The number of ether oxygens (including phenoxy) is 1. The number of nitrogens with one attached hydrogen (secondary N) is 1. The molecule has 1 unspecified atom stereocenters. The van der Waals surface area contributed by atoms with E-state index in [1.54, 1.807) is 7.05 Å². The molecule has 4 heteroatoms. The van der Waals surface area contributed by atoms with Gasteiger partial charge in [-0.3, -0.25) is 0 Å². The van der Waals surface area contributed by atoms with Gasteiger partial charge in [-0.05, 0) is 31.7 Å². The second-order valence-corrected chi connectivity index (χ2v) is 3.86. The van der Waals surface area contributed by atoms with Gasteiger partial charge in [0.2, 0.25) is 0 Å². The van der Waals surface area contributed by atoms with Gasteiger partial charge < -0.3 is 15.2 Å². The van der Waals surface area contributed by atoms with Crippen LogP contribution in [0, 0.1) is 6.92 Å². The van der Waals surface area contributed by atoms with Crippen molar-refractivity contribution in [2.45, 2.75) is 13.0 Å². The Balaban J connectivity index is 2.50. The van der Waals surface area contributed by atoms with Crippen LogP contribution in [-0.4, -0.2) is 31.4 Å². The van der Waals surface area contributed by atoms with E-state index in [9.17, 15) is 5.11 Å². The van der Waals surface area contributed by atoms with E-state index in [1.807, 2.05) is 25.1 Å². The number of hydrogen-bond acceptors (Lipinski definition) is 3. The molecule has 0 radical (unpaired) electrons. The molecule has 0 saturated carbocycles. The highest BCUT2D eigenvalue weighted by Crippen LogP contribution is 2.25. The fourth-order valence-electron chi connectivity index (χ4n) is 1.20. The zero-order chi connectivity index (χ0) is 11.3. The normalized spacial score (nSPS) is 12.5. The first-order valence-electron chi connectivity index (χ1n) is 4.85. The molecule has 2 N–H and O–H groups in total. The largest absolute Gasteiger partial charge is 0.489 e. The van der Waals surface area contributed by atoms with Crippen LogP contribution in [0.2, 0.25) is 5.02 Å². The zero-order valence-electron chi connectivity index (χ0n) is 8.96. The summed E-state index contributed by atoms with van der Waals surface area (Å²) in [5.74, 6) is 0.609. The average Bonchev–Trinajstić information content (AvgIpc) is 2.17. The van der Waals surface area contributed by atoms with Crippen molar-refractivity contribution >= 4 is 11.6 Å². The fraction of sp³-hybridized carbons (Fsp3) is 0.455. The molecule has 0 aromatic heterocycles. The third kappa shape index (κ3) is 4.08. The topological polar surface area (TPSA) is 41.5 Å². The first kappa shape index (κ1) is 12.3. The number of likely N-dealkylation sites (N-methyl/N-ethyl adjacent to an activating group) is 1. The minimum atomic E-state index is -0.521. The van der Waals surface area contributed by atoms with Crippen LogP contribution in [0.4, 0.5) is 0 Å². The van der Waals surface area contributed by atoms with Gasteiger partial charge in [-0.2, -0.15) is 0 Å². The molecule has 1 aromatic carbocycles. The Morgan fingerprint density at radius 1 is 1.53 bits per heavy atom. The molecule has 0 aliphatic carbocycles. The summed E-state index contributed by atoms with van der Waals surface area (Å²) >= 11 is 5.97. The third-order valence-electron chi connectivity index (χ3n) is 1.96. The highest BCUT2D eigenvalue weighted by Gasteiger charge is 2.06. The molecule has 0 heterocycles. The van der Waals surface area contributed by atoms with Crippen LogP contribution in [0.5, 0.6) is 5.75 Å². The molecule has 3 nitrogen and oxygen atoms in total. The highest BCUT2D eigenvalue weighted by molar-refractivity contribution is 6.32. The maximum atomic E-state index is 9.43. The predicted octanol–water partition coefficient (Wildman–Crippen LogP) is 1.61. The lowest BCUT2D eigenvalue weighted by Gasteiger charge is -2.12. The van der Waals surface area contributed by atoms with Crippen molar-refractivity contribution in [3.05, 3.63) is 28.8 Å². The maximum absolute atomic E-state index is 9.43. The summed E-state index contributed by atoms with van der Waals surface area (Å²) in [7, 11) is 1.78. The van der Waals surface area contributed by atoms with Crippen LogP contribution >= 0.6 is 11.6 Å². The molecule has 0 amide bonds. The van der Waals surface area contributed by atoms with Crippen LogP contribution in [0.15, 0.2) is 18.2 Å². The van der Waals surface area contributed by atoms with Gasteiger partial charge in [-0.15, -0.1) is 0 Å². The van der Waals surface area contributed by atoms with E-state index in [4.69, 9.17) is 16.3 Å². The van der Waals surface area contributed by atoms with E-state index in [2.05, 4.69) is 5.32 Å². The molecule has 0 bridgehead atoms. The van der Waals surface area contributed by atoms with E-state index >= 15 is 0 Å². The Kier molecular flexibility index (Phi) is 4.88. The minimum Gasteiger partial charge on any atom is -0.489 e. The number of halogens is 1. The summed E-state index contributed by atoms with van der Waals surface area (Å²) in [6, 6.07) is 5.57. The summed E-state index contributed by atoms with van der Waals surface area (Å²) in [6.45, 7) is 2.71. The van der Waals surface area contributed by atoms with Crippen molar-refractivity contribution in [2.24, 2.45) is 0 Å². The van der Waals surface area contributed by atoms with Crippen LogP contribution in [0.25, 0.3) is 0 Å². The first-order valence-corrected chi connectivity index (χ1v) is 5.23. The van der Waals surface area contributed by atoms with Gasteiger partial charge in [0.15, 0.2) is 0 Å². The smallest absolute Gasteiger partial charge is 0.138 e. The van der Waals surface area contributed by atoms with Gasteiger partial charge >= 0.3 is 0 Å². The summed E-state index contributed by atoms with van der Waals surface area (Å²) < 4.78 is 5.38. The van der Waals surface area contributed by atoms with Crippen LogP contribution in [0.3, 0.4) is 0 Å². The summed E-state index contributed by atoms with van der Waals surface area (Å²) in [4.78, 5) is 0. The molecule has 1 aromatic rings. The average molecular weight is 230 g/mol. The van der Waals surface area contributed by atoms with Crippen LogP contribution < -0.4 is 10.1 Å². The molecule has 0 spiro atoms. The van der Waals surface area contributed by atoms with E-state index in [1.165, 1.54) is 0 Å². The number of hydrogen-bond donors (Lipinski definition) is 2. The summed E-state index contributed by atoms with van der Waals surface area (Å²) in [5.41, 5.74) is 1.09. The Labute approximate surface area is 95.0 Å². The Bertz CT molecular complexity index is 317. The predicted molar refractivity (Wildman–Crippen MR) is 61.6 cm³/mol. The molecule has 15 heavy (non-hydrogen) atoms. The monoisotopic (exact) mass is 229 g/mol. The second-order valence-electron chi connectivity index (χ2n) is 3.46. The maximum Gasteiger partial charge on any atom is 0.138 e. The standard InChI is InChI=1S/C11H16ClNO2/c1-8-3-4-11(10(12)5-8)15-7-9(14)6-13-2/h3-5,9,13-14H,6-7H2,1-2H3. The minimum absolute atomic E-state index is 0.240. The lowest BCUT2D eigenvalue weighted by atomic mass is 10.2. The number of aliphatic hydroxyl groups excluding tert-OH is 1. The van der Waals surface area contributed by atoms with Crippen molar-refractivity contribution in [3.63, 3.8) is 0 Å². The molecule has 0 aliphatic heterocycles. The van der Waals surface area contributed by atoms with E-state index in [-0.39, 0.29) is 6.61 Å². The molecule has 1 atom stereocenters. The van der Waals surface area contributed by atoms with Crippen molar-refractivity contribution in [1.82, 2.24) is 5.32 Å². The number of benzene rings is 1. The van der Waals surface area contributed by atoms with Crippen molar-refractivity contribution < 1.29 is 9.84 Å². The second kappa shape index (κ2) is 5.95. The van der Waals surface area contributed by atoms with Gasteiger partial charge in [-0.1, -0.05) is 17.7 Å². The summed E-state index contributed by atoms with van der Waals surface area (Å²) in [6.07, 6.45) is -0.521. The van der Waals surface area contributed by atoms with Gasteiger partial charge in [0, 0.05) is 6.54 Å². The van der Waals surface area contributed by atoms with Crippen molar-refractivity contribution in [1.29, 1.82) is 0 Å². The Hall–Kier alpha value is -0.770. The quantitative estimate of drug-likeness (QED) is 0.806. The van der Waals surface area contributed by atoms with Crippen molar-refractivity contribution in [2.75, 3.05) is 20.2 Å². The van der Waals surface area contributed by atoms with Gasteiger partial charge in [0.1, 0.15) is 18.5 Å². The van der Waals surface area contributed by atoms with Gasteiger partial charge in [0.05, 0.1) is 5.02 Å². The van der Waals surface area contributed by atoms with Crippen LogP contribution in [0.1, 0.15) is 5.56 Å².